The van der Waals surface area contributed by atoms with Crippen LogP contribution >= 0.6 is 0 Å². The lowest BCUT2D eigenvalue weighted by Crippen LogP contribution is -2.68. The van der Waals surface area contributed by atoms with Gasteiger partial charge in [-0.25, -0.2) is 0 Å². The van der Waals surface area contributed by atoms with Gasteiger partial charge in [-0.3, -0.25) is 0 Å². The minimum atomic E-state index is -2.91. The van der Waals surface area contributed by atoms with Gasteiger partial charge in [0.15, 0.2) is 0 Å². The molecule has 0 aromatic rings. The van der Waals surface area contributed by atoms with Gasteiger partial charge >= 0.3 is 17.6 Å². The molecule has 2 atom stereocenters. The molecule has 2 unspecified atom stereocenters. The van der Waals surface area contributed by atoms with Crippen LogP contribution in [0.4, 0.5) is 0 Å². The molecule has 26 heavy (non-hydrogen) atoms. The third kappa shape index (κ3) is 4.19. The highest BCUT2D eigenvalue weighted by Crippen LogP contribution is 2.52. The highest BCUT2D eigenvalue weighted by atomic mass is 28.5. The van der Waals surface area contributed by atoms with Crippen molar-refractivity contribution in [2.75, 3.05) is 49.3 Å². The number of hydrogen-bond acceptors (Lipinski definition) is 7. The average molecular weight is 427 g/mol. The van der Waals surface area contributed by atoms with Crippen LogP contribution < -0.4 is 0 Å². The Morgan fingerprint density at radius 3 is 1.35 bits per heavy atom. The molecule has 156 valence electrons. The van der Waals surface area contributed by atoms with Crippen LogP contribution in [-0.2, 0) is 31.0 Å². The van der Waals surface area contributed by atoms with Crippen LogP contribution in [-0.4, -0.2) is 75.2 Å². The molecule has 0 saturated carbocycles. The van der Waals surface area contributed by atoms with Crippen molar-refractivity contribution in [2.24, 2.45) is 0 Å². The second kappa shape index (κ2) is 10.8. The van der Waals surface area contributed by atoms with Gasteiger partial charge in [0.25, 0.3) is 0 Å². The molecule has 1 aliphatic heterocycles. The summed E-state index contributed by atoms with van der Waals surface area (Å²) in [6, 6.07) is 1.01. The summed E-state index contributed by atoms with van der Waals surface area (Å²) in [5.41, 5.74) is 0. The number of hydrogen-bond donors (Lipinski definition) is 0. The summed E-state index contributed by atoms with van der Waals surface area (Å²) in [5, 5.41) is 0.181. The molecule has 7 nitrogen and oxygen atoms in total. The van der Waals surface area contributed by atoms with Crippen LogP contribution in [0.25, 0.3) is 0 Å². The topological polar surface area (TPSA) is 64.6 Å². The van der Waals surface area contributed by atoms with Gasteiger partial charge in [-0.15, -0.1) is 0 Å². The summed E-state index contributed by atoms with van der Waals surface area (Å²) >= 11 is 0. The monoisotopic (exact) mass is 426 g/mol. The molecular weight excluding hydrogens is 388 g/mol. The first-order chi connectivity index (χ1) is 12.5. The van der Waals surface area contributed by atoms with E-state index in [4.69, 9.17) is 31.0 Å². The van der Waals surface area contributed by atoms with E-state index < -0.39 is 25.9 Å². The Balaban J connectivity index is 3.57. The third-order valence-corrected chi connectivity index (χ3v) is 21.9. The molecule has 0 aliphatic carbocycles. The molecule has 10 heteroatoms. The summed E-state index contributed by atoms with van der Waals surface area (Å²) in [7, 11) is 1.81. The fraction of sp³-hybridized carbons (Fsp3) is 1.00. The molecule has 0 amide bonds. The van der Waals surface area contributed by atoms with Crippen molar-refractivity contribution >= 4 is 25.9 Å². The number of rotatable bonds is 12. The van der Waals surface area contributed by atoms with Crippen LogP contribution in [0.3, 0.4) is 0 Å². The van der Waals surface area contributed by atoms with E-state index in [-0.39, 0.29) is 10.3 Å². The highest BCUT2D eigenvalue weighted by Gasteiger charge is 2.68. The molecule has 1 saturated heterocycles. The first kappa shape index (κ1) is 24.4. The molecule has 0 N–H and O–H groups in total. The maximum Gasteiger partial charge on any atom is 0.502 e. The highest BCUT2D eigenvalue weighted by molar-refractivity contribution is 6.97. The van der Waals surface area contributed by atoms with Gasteiger partial charge < -0.3 is 31.0 Å². The van der Waals surface area contributed by atoms with Gasteiger partial charge in [0, 0.05) is 59.6 Å². The zero-order chi connectivity index (χ0) is 19.8. The maximum atomic E-state index is 6.72. The Hall–Kier alpha value is 0.371. The quantitative estimate of drug-likeness (QED) is 0.444. The lowest BCUT2D eigenvalue weighted by Gasteiger charge is -2.51. The zero-order valence-electron chi connectivity index (χ0n) is 17.8. The molecule has 0 radical (unpaired) electrons. The summed E-state index contributed by atoms with van der Waals surface area (Å²) in [6.45, 7) is 5.08. The summed E-state index contributed by atoms with van der Waals surface area (Å²) < 4.78 is 42.2. The molecular formula is C16H38O7Si3. The average Bonchev–Trinajstić information content (AvgIpc) is 2.71. The van der Waals surface area contributed by atoms with Crippen molar-refractivity contribution in [2.45, 2.75) is 55.9 Å². The van der Waals surface area contributed by atoms with Gasteiger partial charge in [-0.05, 0) is 25.3 Å². The molecule has 1 aliphatic rings. The van der Waals surface area contributed by atoms with Crippen LogP contribution in [0.15, 0.2) is 0 Å². The van der Waals surface area contributed by atoms with E-state index in [2.05, 4.69) is 13.8 Å². The Kier molecular flexibility index (Phi) is 10.1. The van der Waals surface area contributed by atoms with Crippen LogP contribution in [0.2, 0.25) is 16.4 Å². The van der Waals surface area contributed by atoms with Crippen LogP contribution in [0.1, 0.15) is 39.5 Å². The summed E-state index contributed by atoms with van der Waals surface area (Å²) in [4.78, 5) is 0. The molecule has 0 aromatic carbocycles. The smallest absolute Gasteiger partial charge is 0.416 e. The van der Waals surface area contributed by atoms with E-state index in [0.717, 1.165) is 38.3 Å². The van der Waals surface area contributed by atoms with E-state index in [9.17, 15) is 0 Å². The van der Waals surface area contributed by atoms with E-state index >= 15 is 0 Å². The van der Waals surface area contributed by atoms with Crippen LogP contribution in [0.5, 0.6) is 0 Å². The van der Waals surface area contributed by atoms with Crippen molar-refractivity contribution in [1.82, 2.24) is 0 Å². The largest absolute Gasteiger partial charge is 0.502 e. The first-order valence-corrected chi connectivity index (χ1v) is 15.3. The summed E-state index contributed by atoms with van der Waals surface area (Å²) in [5.74, 6) is 0. The molecule has 0 spiro atoms. The van der Waals surface area contributed by atoms with Crippen molar-refractivity contribution in [3.8, 4) is 0 Å². The Morgan fingerprint density at radius 2 is 1.12 bits per heavy atom. The third-order valence-electron chi connectivity index (χ3n) is 5.89. The zero-order valence-corrected chi connectivity index (χ0v) is 20.8. The molecule has 1 fully saturated rings. The van der Waals surface area contributed by atoms with E-state index in [0.29, 0.717) is 0 Å². The van der Waals surface area contributed by atoms with Crippen molar-refractivity contribution in [1.29, 1.82) is 0 Å². The Morgan fingerprint density at radius 1 is 0.731 bits per heavy atom. The first-order valence-electron chi connectivity index (χ1n) is 9.41. The molecule has 0 bridgehead atoms. The van der Waals surface area contributed by atoms with E-state index in [1.165, 1.54) is 0 Å². The predicted molar refractivity (Wildman–Crippen MR) is 107 cm³/mol. The maximum absolute atomic E-state index is 6.72. The van der Waals surface area contributed by atoms with Gasteiger partial charge in [0.2, 0.25) is 8.32 Å². The van der Waals surface area contributed by atoms with Gasteiger partial charge in [0.1, 0.15) is 0 Å². The lowest BCUT2D eigenvalue weighted by atomic mass is 10.4. The fourth-order valence-corrected chi connectivity index (χ4v) is 22.9. The van der Waals surface area contributed by atoms with Crippen molar-refractivity contribution < 1.29 is 31.0 Å². The van der Waals surface area contributed by atoms with E-state index in [1.807, 2.05) is 0 Å². The van der Waals surface area contributed by atoms with Crippen molar-refractivity contribution in [3.63, 3.8) is 0 Å². The molecule has 1 rings (SSSR count). The summed E-state index contributed by atoms with van der Waals surface area (Å²) in [6.07, 6.45) is 3.94. The Bertz CT molecular complexity index is 353. The van der Waals surface area contributed by atoms with Gasteiger partial charge in [0.05, 0.1) is 0 Å². The SMILES string of the molecule is CCC([Si](OC)(OC)OC)[Si]1(C(CC)[Si](OC)(OC)OC)CCCCO1. The minimum absolute atomic E-state index is 0.0903. The second-order valence-corrected chi connectivity index (χ2v) is 18.1. The fourth-order valence-electron chi connectivity index (χ4n) is 4.77. The van der Waals surface area contributed by atoms with Crippen LogP contribution in [0, 0.1) is 0 Å². The minimum Gasteiger partial charge on any atom is -0.416 e. The standard InChI is InChI=1S/C16H38O7Si3/c1-9-15(25(17-3,18-4)19-5)24(14-12-11-13-23-24)16(10-2)26(20-6,21-7)22-8/h15-16H,9-14H2,1-8H3. The predicted octanol–water partition coefficient (Wildman–Crippen LogP) is 3.14. The van der Waals surface area contributed by atoms with Crippen molar-refractivity contribution in [3.05, 3.63) is 0 Å². The Labute approximate surface area is 162 Å². The van der Waals surface area contributed by atoms with Gasteiger partial charge in [-0.1, -0.05) is 20.3 Å². The van der Waals surface area contributed by atoms with Gasteiger partial charge in [-0.2, -0.15) is 0 Å². The lowest BCUT2D eigenvalue weighted by molar-refractivity contribution is 0.104. The van der Waals surface area contributed by atoms with E-state index in [1.54, 1.807) is 42.7 Å². The molecule has 1 heterocycles. The second-order valence-electron chi connectivity index (χ2n) is 6.61. The molecule has 0 aromatic heterocycles. The normalized spacial score (nSPS) is 24.5.